The van der Waals surface area contributed by atoms with Crippen molar-refractivity contribution in [2.45, 2.75) is 63.0 Å². The van der Waals surface area contributed by atoms with Gasteiger partial charge in [-0.3, -0.25) is 0 Å². The minimum Gasteiger partial charge on any atom is -0.497 e. The first kappa shape index (κ1) is 23.5. The Balaban J connectivity index is 1.36. The number of alkyl halides is 1. The van der Waals surface area contributed by atoms with Gasteiger partial charge in [0.15, 0.2) is 0 Å². The quantitative estimate of drug-likeness (QED) is 0.450. The molecule has 0 amide bonds. The molecule has 0 spiro atoms. The number of benzene rings is 2. The molecule has 33 heavy (non-hydrogen) atoms. The Morgan fingerprint density at radius 3 is 2.52 bits per heavy atom. The summed E-state index contributed by atoms with van der Waals surface area (Å²) in [5.74, 6) is -0.751. The number of ether oxygens (including phenoxy) is 1. The first-order valence-electron chi connectivity index (χ1n) is 11.9. The molecule has 6 heteroatoms. The summed E-state index contributed by atoms with van der Waals surface area (Å²) >= 11 is 0. The van der Waals surface area contributed by atoms with E-state index >= 15 is 4.39 Å². The standard InChI is InChI=1S/C27H33F2NO3/c1-27(29,26(31)32)25(19-10-11-19)20-4-3-5-21(14-20)30-16-17-6-8-18(9-7-17)23-15-22(33-2)12-13-24(23)28/h3-5,12-15,17-19,25,30H,6-11,16H2,1-2H3,(H,31,32)/t17-,18-,25-,27?/m0/s1. The number of anilines is 1. The van der Waals surface area contributed by atoms with Crippen molar-refractivity contribution in [3.8, 4) is 5.75 Å². The number of carboxylic acids is 1. The molecule has 0 radical (unpaired) electrons. The highest BCUT2D eigenvalue weighted by atomic mass is 19.1. The van der Waals surface area contributed by atoms with Crippen molar-refractivity contribution >= 4 is 11.7 Å². The minimum absolute atomic E-state index is 0.0821. The van der Waals surface area contributed by atoms with Crippen LogP contribution >= 0.6 is 0 Å². The van der Waals surface area contributed by atoms with Gasteiger partial charge in [-0.2, -0.15) is 0 Å². The van der Waals surface area contributed by atoms with Gasteiger partial charge in [0.2, 0.25) is 5.67 Å². The predicted octanol–water partition coefficient (Wildman–Crippen LogP) is 6.53. The smallest absolute Gasteiger partial charge is 0.341 e. The van der Waals surface area contributed by atoms with E-state index in [1.54, 1.807) is 13.2 Å². The molecular formula is C27H33F2NO3. The number of aliphatic carboxylic acids is 1. The second-order valence-electron chi connectivity index (χ2n) is 9.81. The van der Waals surface area contributed by atoms with Gasteiger partial charge in [-0.1, -0.05) is 12.1 Å². The number of hydrogen-bond acceptors (Lipinski definition) is 3. The van der Waals surface area contributed by atoms with Crippen molar-refractivity contribution in [2.24, 2.45) is 11.8 Å². The fraction of sp³-hybridized carbons (Fsp3) is 0.519. The maximum atomic E-state index is 15.1. The van der Waals surface area contributed by atoms with E-state index in [1.165, 1.54) is 13.0 Å². The van der Waals surface area contributed by atoms with Gasteiger partial charge >= 0.3 is 5.97 Å². The van der Waals surface area contributed by atoms with Gasteiger partial charge in [0, 0.05) is 18.2 Å². The fourth-order valence-corrected chi connectivity index (χ4v) is 5.33. The molecule has 2 aromatic carbocycles. The molecule has 0 bridgehead atoms. The summed E-state index contributed by atoms with van der Waals surface area (Å²) in [6.07, 6.45) is 5.59. The van der Waals surface area contributed by atoms with Crippen LogP contribution < -0.4 is 10.1 Å². The predicted molar refractivity (Wildman–Crippen MR) is 125 cm³/mol. The van der Waals surface area contributed by atoms with E-state index in [0.717, 1.165) is 61.9 Å². The number of carbonyl (C=O) groups is 1. The maximum Gasteiger partial charge on any atom is 0.341 e. The van der Waals surface area contributed by atoms with Crippen LogP contribution in [0.3, 0.4) is 0 Å². The highest BCUT2D eigenvalue weighted by Crippen LogP contribution is 2.50. The summed E-state index contributed by atoms with van der Waals surface area (Å²) in [5, 5.41) is 12.9. The third kappa shape index (κ3) is 5.31. The average molecular weight is 458 g/mol. The van der Waals surface area contributed by atoms with Crippen LogP contribution in [0.4, 0.5) is 14.5 Å². The van der Waals surface area contributed by atoms with Crippen molar-refractivity contribution in [1.29, 1.82) is 0 Å². The Morgan fingerprint density at radius 1 is 1.15 bits per heavy atom. The Kier molecular flexibility index (Phi) is 6.91. The SMILES string of the molecule is COc1ccc(F)c([C@H]2CC[C@H](CNc3cccc([C@H](C4CC4)C(C)(F)C(=O)O)c3)CC2)c1. The normalized spacial score (nSPS) is 23.4. The molecule has 2 saturated carbocycles. The van der Waals surface area contributed by atoms with Crippen LogP contribution in [-0.4, -0.2) is 30.4 Å². The lowest BCUT2D eigenvalue weighted by Crippen LogP contribution is -2.38. The summed E-state index contributed by atoms with van der Waals surface area (Å²) in [6.45, 7) is 1.97. The monoisotopic (exact) mass is 457 g/mol. The largest absolute Gasteiger partial charge is 0.497 e. The van der Waals surface area contributed by atoms with Crippen LogP contribution in [0.25, 0.3) is 0 Å². The lowest BCUT2D eigenvalue weighted by Gasteiger charge is -2.30. The van der Waals surface area contributed by atoms with Crippen LogP contribution in [0, 0.1) is 17.7 Å². The first-order chi connectivity index (χ1) is 15.8. The van der Waals surface area contributed by atoms with Gasteiger partial charge in [-0.15, -0.1) is 0 Å². The first-order valence-corrected chi connectivity index (χ1v) is 11.9. The highest BCUT2D eigenvalue weighted by molar-refractivity contribution is 5.78. The molecule has 0 heterocycles. The van der Waals surface area contributed by atoms with E-state index < -0.39 is 17.6 Å². The van der Waals surface area contributed by atoms with Crippen LogP contribution in [0.2, 0.25) is 0 Å². The fourth-order valence-electron chi connectivity index (χ4n) is 5.33. The number of nitrogens with one attached hydrogen (secondary N) is 1. The van der Waals surface area contributed by atoms with E-state index in [0.29, 0.717) is 11.7 Å². The average Bonchev–Trinajstić information content (AvgIpc) is 3.63. The molecule has 0 aromatic heterocycles. The third-order valence-electron chi connectivity index (χ3n) is 7.43. The van der Waals surface area contributed by atoms with Crippen molar-refractivity contribution in [3.63, 3.8) is 0 Å². The Hall–Kier alpha value is -2.63. The molecule has 2 N–H and O–H groups in total. The van der Waals surface area contributed by atoms with Crippen molar-refractivity contribution < 1.29 is 23.4 Å². The zero-order chi connectivity index (χ0) is 23.6. The van der Waals surface area contributed by atoms with Gasteiger partial charge in [-0.25, -0.2) is 13.6 Å². The van der Waals surface area contributed by atoms with Gasteiger partial charge in [0.05, 0.1) is 7.11 Å². The lowest BCUT2D eigenvalue weighted by molar-refractivity contribution is -0.151. The summed E-state index contributed by atoms with van der Waals surface area (Å²) in [4.78, 5) is 11.5. The molecule has 2 atom stereocenters. The second kappa shape index (κ2) is 9.70. The summed E-state index contributed by atoms with van der Waals surface area (Å²) < 4.78 is 34.6. The second-order valence-corrected chi connectivity index (χ2v) is 9.81. The van der Waals surface area contributed by atoms with Crippen LogP contribution in [-0.2, 0) is 4.79 Å². The molecule has 1 unspecified atom stereocenters. The number of rotatable bonds is 9. The zero-order valence-electron chi connectivity index (χ0n) is 19.3. The molecule has 4 rings (SSSR count). The lowest BCUT2D eigenvalue weighted by atomic mass is 9.78. The van der Waals surface area contributed by atoms with Crippen molar-refractivity contribution in [2.75, 3.05) is 19.0 Å². The van der Waals surface area contributed by atoms with E-state index in [4.69, 9.17) is 4.74 Å². The third-order valence-corrected chi connectivity index (χ3v) is 7.43. The molecule has 178 valence electrons. The summed E-state index contributed by atoms with van der Waals surface area (Å²) in [5.41, 5.74) is 0.0906. The van der Waals surface area contributed by atoms with Crippen LogP contribution in [0.5, 0.6) is 5.75 Å². The molecule has 4 nitrogen and oxygen atoms in total. The van der Waals surface area contributed by atoms with Crippen LogP contribution in [0.15, 0.2) is 42.5 Å². The van der Waals surface area contributed by atoms with E-state index in [2.05, 4.69) is 5.32 Å². The Morgan fingerprint density at radius 2 is 1.88 bits per heavy atom. The van der Waals surface area contributed by atoms with Crippen molar-refractivity contribution in [1.82, 2.24) is 0 Å². The number of carboxylic acid groups (broad SMARTS) is 1. The molecule has 2 aliphatic rings. The maximum absolute atomic E-state index is 15.1. The molecule has 2 aromatic rings. The van der Waals surface area contributed by atoms with Crippen molar-refractivity contribution in [3.05, 3.63) is 59.4 Å². The van der Waals surface area contributed by atoms with Gasteiger partial charge < -0.3 is 15.2 Å². The summed E-state index contributed by atoms with van der Waals surface area (Å²) in [6, 6.07) is 12.5. The molecule has 0 saturated heterocycles. The number of hydrogen-bond donors (Lipinski definition) is 2. The van der Waals surface area contributed by atoms with E-state index in [1.807, 2.05) is 30.3 Å². The van der Waals surface area contributed by atoms with Crippen LogP contribution in [0.1, 0.15) is 68.4 Å². The molecule has 0 aliphatic heterocycles. The zero-order valence-corrected chi connectivity index (χ0v) is 19.3. The highest BCUT2D eigenvalue weighted by Gasteiger charge is 2.50. The van der Waals surface area contributed by atoms with Gasteiger partial charge in [0.25, 0.3) is 0 Å². The Bertz CT molecular complexity index is 981. The van der Waals surface area contributed by atoms with E-state index in [9.17, 15) is 14.3 Å². The number of halogens is 2. The molecular weight excluding hydrogens is 424 g/mol. The van der Waals surface area contributed by atoms with Gasteiger partial charge in [-0.05, 0) is 105 Å². The minimum atomic E-state index is -2.28. The molecule has 2 aliphatic carbocycles. The summed E-state index contributed by atoms with van der Waals surface area (Å²) in [7, 11) is 1.59. The number of methoxy groups -OCH3 is 1. The molecule has 2 fully saturated rings. The van der Waals surface area contributed by atoms with E-state index in [-0.39, 0.29) is 17.7 Å². The topological polar surface area (TPSA) is 58.6 Å². The Labute approximate surface area is 194 Å². The van der Waals surface area contributed by atoms with Gasteiger partial charge in [0.1, 0.15) is 11.6 Å².